The SMILES string of the molecule is CCNC(=NCc1ccnc(N2CCOC(C)C2)c1)NCCCn1c(C)nc2ccccc21.I. The smallest absolute Gasteiger partial charge is 0.191 e. The van der Waals surface area contributed by atoms with Crippen molar-refractivity contribution in [1.29, 1.82) is 0 Å². The number of anilines is 1. The van der Waals surface area contributed by atoms with Gasteiger partial charge in [0.25, 0.3) is 0 Å². The fourth-order valence-electron chi connectivity index (χ4n) is 4.19. The summed E-state index contributed by atoms with van der Waals surface area (Å²) in [5, 5.41) is 6.82. The van der Waals surface area contributed by atoms with Gasteiger partial charge in [0, 0.05) is 38.9 Å². The zero-order valence-electron chi connectivity index (χ0n) is 20.3. The molecule has 1 saturated heterocycles. The number of hydrogen-bond donors (Lipinski definition) is 2. The summed E-state index contributed by atoms with van der Waals surface area (Å²) in [7, 11) is 0. The number of aryl methyl sites for hydroxylation is 2. The van der Waals surface area contributed by atoms with Gasteiger partial charge in [-0.15, -0.1) is 24.0 Å². The number of halogens is 1. The van der Waals surface area contributed by atoms with E-state index in [1.165, 1.54) is 5.52 Å². The molecule has 184 valence electrons. The molecule has 1 fully saturated rings. The predicted molar refractivity (Wildman–Crippen MR) is 149 cm³/mol. The van der Waals surface area contributed by atoms with Gasteiger partial charge in [0.05, 0.1) is 30.3 Å². The molecule has 8 nitrogen and oxygen atoms in total. The van der Waals surface area contributed by atoms with Crippen LogP contribution in [0.5, 0.6) is 0 Å². The van der Waals surface area contributed by atoms with Crippen molar-refractivity contribution < 1.29 is 4.74 Å². The Balaban J connectivity index is 0.00000324. The quantitative estimate of drug-likeness (QED) is 0.184. The van der Waals surface area contributed by atoms with E-state index in [-0.39, 0.29) is 30.1 Å². The molecule has 0 amide bonds. The van der Waals surface area contributed by atoms with E-state index in [9.17, 15) is 0 Å². The maximum absolute atomic E-state index is 5.65. The van der Waals surface area contributed by atoms with Gasteiger partial charge in [-0.3, -0.25) is 0 Å². The lowest BCUT2D eigenvalue weighted by atomic mass is 10.2. The number of nitrogens with zero attached hydrogens (tertiary/aromatic N) is 5. The van der Waals surface area contributed by atoms with E-state index < -0.39 is 0 Å². The van der Waals surface area contributed by atoms with E-state index in [0.717, 1.165) is 74.4 Å². The molecule has 2 N–H and O–H groups in total. The molecule has 0 radical (unpaired) electrons. The van der Waals surface area contributed by atoms with E-state index in [0.29, 0.717) is 6.54 Å². The third kappa shape index (κ3) is 6.82. The average molecular weight is 578 g/mol. The molecule has 1 aromatic carbocycles. The molecule has 3 heterocycles. The van der Waals surface area contributed by atoms with E-state index in [4.69, 9.17) is 9.73 Å². The summed E-state index contributed by atoms with van der Waals surface area (Å²) in [4.78, 5) is 16.3. The average Bonchev–Trinajstić information content (AvgIpc) is 3.15. The minimum absolute atomic E-state index is 0. The van der Waals surface area contributed by atoms with Crippen LogP contribution in [0.2, 0.25) is 0 Å². The van der Waals surface area contributed by atoms with Crippen molar-refractivity contribution in [2.24, 2.45) is 4.99 Å². The van der Waals surface area contributed by atoms with Crippen LogP contribution in [0.1, 0.15) is 31.7 Å². The first-order valence-electron chi connectivity index (χ1n) is 11.9. The number of imidazole rings is 1. The van der Waals surface area contributed by atoms with Crippen molar-refractivity contribution in [3.05, 3.63) is 54.0 Å². The molecule has 1 atom stereocenters. The Morgan fingerprint density at radius 1 is 1.24 bits per heavy atom. The van der Waals surface area contributed by atoms with Crippen molar-refractivity contribution >= 4 is 46.8 Å². The Bertz CT molecular complexity index is 1080. The predicted octanol–water partition coefficient (Wildman–Crippen LogP) is 3.73. The number of ether oxygens (including phenoxy) is 1. The van der Waals surface area contributed by atoms with Crippen LogP contribution in [0.3, 0.4) is 0 Å². The second-order valence-corrected chi connectivity index (χ2v) is 8.42. The highest BCUT2D eigenvalue weighted by atomic mass is 127. The van der Waals surface area contributed by atoms with Gasteiger partial charge < -0.3 is 24.8 Å². The maximum atomic E-state index is 5.65. The highest BCUT2D eigenvalue weighted by Gasteiger charge is 2.18. The number of morpholine rings is 1. The van der Waals surface area contributed by atoms with Crippen molar-refractivity contribution in [1.82, 2.24) is 25.2 Å². The van der Waals surface area contributed by atoms with Crippen molar-refractivity contribution in [2.45, 2.75) is 46.4 Å². The Labute approximate surface area is 219 Å². The van der Waals surface area contributed by atoms with Crippen LogP contribution in [0.25, 0.3) is 11.0 Å². The molecule has 4 rings (SSSR count). The summed E-state index contributed by atoms with van der Waals surface area (Å²) in [5.74, 6) is 2.89. The number of pyridine rings is 1. The molecule has 0 saturated carbocycles. The molecule has 0 aliphatic carbocycles. The van der Waals surface area contributed by atoms with Crippen LogP contribution in [-0.2, 0) is 17.8 Å². The lowest BCUT2D eigenvalue weighted by molar-refractivity contribution is 0.0529. The third-order valence-corrected chi connectivity index (χ3v) is 5.84. The van der Waals surface area contributed by atoms with Gasteiger partial charge in [0.15, 0.2) is 5.96 Å². The van der Waals surface area contributed by atoms with Crippen LogP contribution < -0.4 is 15.5 Å². The van der Waals surface area contributed by atoms with Crippen LogP contribution in [0, 0.1) is 6.92 Å². The number of hydrogen-bond acceptors (Lipinski definition) is 5. The minimum atomic E-state index is 0. The largest absolute Gasteiger partial charge is 0.375 e. The fraction of sp³-hybridized carbons (Fsp3) is 0.480. The molecular weight excluding hydrogens is 541 g/mol. The van der Waals surface area contributed by atoms with Gasteiger partial charge in [0.1, 0.15) is 11.6 Å². The molecule has 0 bridgehead atoms. The second-order valence-electron chi connectivity index (χ2n) is 8.42. The number of fused-ring (bicyclic) bond motifs is 1. The number of para-hydroxylation sites is 2. The number of benzene rings is 1. The highest BCUT2D eigenvalue weighted by Crippen LogP contribution is 2.17. The Hall–Kier alpha value is -2.40. The summed E-state index contributed by atoms with van der Waals surface area (Å²) in [6.07, 6.45) is 3.09. The maximum Gasteiger partial charge on any atom is 0.191 e. The molecule has 1 aliphatic heterocycles. The number of nitrogens with one attached hydrogen (secondary N) is 2. The number of guanidine groups is 1. The van der Waals surface area contributed by atoms with Gasteiger partial charge in [-0.1, -0.05) is 12.1 Å². The second kappa shape index (κ2) is 12.9. The monoisotopic (exact) mass is 577 g/mol. The number of rotatable bonds is 8. The molecule has 3 aromatic rings. The van der Waals surface area contributed by atoms with Gasteiger partial charge in [-0.25, -0.2) is 15.0 Å². The Morgan fingerprint density at radius 2 is 2.09 bits per heavy atom. The van der Waals surface area contributed by atoms with Crippen LogP contribution in [0.4, 0.5) is 5.82 Å². The molecular formula is C25H36IN7O. The van der Waals surface area contributed by atoms with Gasteiger partial charge in [0.2, 0.25) is 0 Å². The van der Waals surface area contributed by atoms with Gasteiger partial charge in [-0.05, 0) is 57.0 Å². The Kier molecular flexibility index (Phi) is 9.94. The topological polar surface area (TPSA) is 79.6 Å². The number of aromatic nitrogens is 3. The fourth-order valence-corrected chi connectivity index (χ4v) is 4.19. The van der Waals surface area contributed by atoms with Crippen LogP contribution in [0.15, 0.2) is 47.6 Å². The van der Waals surface area contributed by atoms with E-state index >= 15 is 0 Å². The van der Waals surface area contributed by atoms with Crippen molar-refractivity contribution in [3.63, 3.8) is 0 Å². The van der Waals surface area contributed by atoms with E-state index in [2.05, 4.69) is 75.1 Å². The zero-order chi connectivity index (χ0) is 23.0. The lowest BCUT2D eigenvalue weighted by Crippen LogP contribution is -2.41. The first-order chi connectivity index (χ1) is 16.1. The Morgan fingerprint density at radius 3 is 2.91 bits per heavy atom. The van der Waals surface area contributed by atoms with Gasteiger partial charge in [-0.2, -0.15) is 0 Å². The van der Waals surface area contributed by atoms with Crippen molar-refractivity contribution in [3.8, 4) is 0 Å². The molecule has 1 unspecified atom stereocenters. The first-order valence-corrected chi connectivity index (χ1v) is 11.9. The summed E-state index contributed by atoms with van der Waals surface area (Å²) in [6, 6.07) is 12.5. The summed E-state index contributed by atoms with van der Waals surface area (Å²) in [5.41, 5.74) is 3.40. The first kappa shape index (κ1) is 26.2. The summed E-state index contributed by atoms with van der Waals surface area (Å²) in [6.45, 7) is 11.9. The van der Waals surface area contributed by atoms with Crippen LogP contribution >= 0.6 is 24.0 Å². The molecule has 0 spiro atoms. The van der Waals surface area contributed by atoms with E-state index in [1.807, 2.05) is 18.3 Å². The zero-order valence-corrected chi connectivity index (χ0v) is 22.7. The van der Waals surface area contributed by atoms with Gasteiger partial charge >= 0.3 is 0 Å². The van der Waals surface area contributed by atoms with E-state index in [1.54, 1.807) is 0 Å². The molecule has 34 heavy (non-hydrogen) atoms. The molecule has 1 aliphatic rings. The minimum Gasteiger partial charge on any atom is -0.375 e. The summed E-state index contributed by atoms with van der Waals surface area (Å²) >= 11 is 0. The normalized spacial score (nSPS) is 16.4. The number of aliphatic imine (C=N–C) groups is 1. The highest BCUT2D eigenvalue weighted by molar-refractivity contribution is 14.0. The lowest BCUT2D eigenvalue weighted by Gasteiger charge is -2.32. The molecule has 9 heteroatoms. The van der Waals surface area contributed by atoms with Crippen molar-refractivity contribution in [2.75, 3.05) is 37.7 Å². The standard InChI is InChI=1S/C25H35N7O.HI/c1-4-26-25(28-11-7-13-32-20(3)30-22-8-5-6-9-23(22)32)29-17-21-10-12-27-24(16-21)31-14-15-33-19(2)18-31;/h5-6,8-10,12,16,19H,4,7,11,13-15,17-18H2,1-3H3,(H2,26,28,29);1H. The summed E-state index contributed by atoms with van der Waals surface area (Å²) < 4.78 is 7.93. The third-order valence-electron chi connectivity index (χ3n) is 5.84. The molecule has 2 aromatic heterocycles. The van der Waals surface area contributed by atoms with Crippen LogP contribution in [-0.4, -0.2) is 59.4 Å².